The molecular formula is C39H31N. The van der Waals surface area contributed by atoms with E-state index in [-0.39, 0.29) is 5.41 Å². The summed E-state index contributed by atoms with van der Waals surface area (Å²) in [5.41, 5.74) is 15.1. The molecule has 0 radical (unpaired) electrons. The van der Waals surface area contributed by atoms with Crippen LogP contribution in [0, 0.1) is 0 Å². The maximum absolute atomic E-state index is 3.69. The van der Waals surface area contributed by atoms with Gasteiger partial charge in [0.05, 0.1) is 5.41 Å². The van der Waals surface area contributed by atoms with Crippen LogP contribution in [-0.2, 0) is 5.41 Å². The Morgan fingerprint density at radius 1 is 0.375 bits per heavy atom. The van der Waals surface area contributed by atoms with Crippen molar-refractivity contribution in [3.63, 3.8) is 0 Å². The first-order chi connectivity index (χ1) is 19.8. The first-order valence-corrected chi connectivity index (χ1v) is 14.2. The zero-order chi connectivity index (χ0) is 27.1. The van der Waals surface area contributed by atoms with Crippen LogP contribution in [0.4, 0.5) is 11.4 Å². The van der Waals surface area contributed by atoms with Gasteiger partial charge >= 0.3 is 0 Å². The monoisotopic (exact) mass is 513 g/mol. The predicted octanol–water partition coefficient (Wildman–Crippen LogP) is 10.5. The molecule has 0 atom stereocenters. The van der Waals surface area contributed by atoms with Crippen molar-refractivity contribution in [1.29, 1.82) is 0 Å². The standard InChI is InChI=1S/C37H25N.C2H6/c1-2-10-25(11-3-1)26-18-20-27(21-19-26)38-28-22-23-32-31-14-6-9-17-35(31)37(36(32)24-28)33-15-7-4-12-29(33)30-13-5-8-16-34(30)37;1-2/h1-24,38H;1-2H3. The van der Waals surface area contributed by atoms with Gasteiger partial charge in [-0.3, -0.25) is 0 Å². The quantitative estimate of drug-likeness (QED) is 0.248. The molecule has 40 heavy (non-hydrogen) atoms. The van der Waals surface area contributed by atoms with E-state index in [4.69, 9.17) is 0 Å². The lowest BCUT2D eigenvalue weighted by Gasteiger charge is -2.30. The fourth-order valence-electron chi connectivity index (χ4n) is 6.72. The van der Waals surface area contributed by atoms with Gasteiger partial charge in [-0.05, 0) is 79.9 Å². The summed E-state index contributed by atoms with van der Waals surface area (Å²) in [6, 6.07) is 53.0. The molecule has 2 aliphatic rings. The smallest absolute Gasteiger partial charge is 0.0726 e. The van der Waals surface area contributed by atoms with Crippen molar-refractivity contribution >= 4 is 11.4 Å². The van der Waals surface area contributed by atoms with Gasteiger partial charge in [0.25, 0.3) is 0 Å². The molecule has 1 heteroatoms. The summed E-state index contributed by atoms with van der Waals surface area (Å²) in [7, 11) is 0. The molecule has 0 aromatic heterocycles. The van der Waals surface area contributed by atoms with Crippen LogP contribution in [-0.4, -0.2) is 0 Å². The number of rotatable bonds is 3. The van der Waals surface area contributed by atoms with E-state index in [9.17, 15) is 0 Å². The van der Waals surface area contributed by atoms with Crippen LogP contribution in [0.15, 0.2) is 146 Å². The largest absolute Gasteiger partial charge is 0.356 e. The van der Waals surface area contributed by atoms with Gasteiger partial charge < -0.3 is 5.32 Å². The van der Waals surface area contributed by atoms with Gasteiger partial charge in [-0.1, -0.05) is 135 Å². The summed E-state index contributed by atoms with van der Waals surface area (Å²) in [5.74, 6) is 0. The molecule has 8 rings (SSSR count). The van der Waals surface area contributed by atoms with Crippen LogP contribution >= 0.6 is 0 Å². The highest BCUT2D eigenvalue weighted by Gasteiger charge is 2.51. The van der Waals surface area contributed by atoms with Crippen molar-refractivity contribution in [2.24, 2.45) is 0 Å². The van der Waals surface area contributed by atoms with Crippen molar-refractivity contribution in [3.8, 4) is 33.4 Å². The SMILES string of the molecule is CC.c1ccc(-c2ccc(Nc3ccc4c(c3)C3(c5ccccc5-c5ccccc53)c3ccccc3-4)cc2)cc1. The second-order valence-corrected chi connectivity index (χ2v) is 10.2. The Hall–Kier alpha value is -4.88. The predicted molar refractivity (Wildman–Crippen MR) is 169 cm³/mol. The summed E-state index contributed by atoms with van der Waals surface area (Å²) < 4.78 is 0. The molecule has 0 saturated carbocycles. The van der Waals surface area contributed by atoms with Gasteiger partial charge in [-0.2, -0.15) is 0 Å². The summed E-state index contributed by atoms with van der Waals surface area (Å²) in [5, 5.41) is 3.69. The van der Waals surface area contributed by atoms with Gasteiger partial charge in [0.2, 0.25) is 0 Å². The Morgan fingerprint density at radius 2 is 0.800 bits per heavy atom. The molecule has 192 valence electrons. The van der Waals surface area contributed by atoms with Crippen molar-refractivity contribution in [1.82, 2.24) is 0 Å². The number of anilines is 2. The number of hydrogen-bond donors (Lipinski definition) is 1. The van der Waals surface area contributed by atoms with Crippen molar-refractivity contribution in [2.45, 2.75) is 19.3 Å². The maximum atomic E-state index is 3.69. The van der Waals surface area contributed by atoms with Crippen LogP contribution < -0.4 is 5.32 Å². The average molecular weight is 514 g/mol. The van der Waals surface area contributed by atoms with E-state index in [2.05, 4.69) is 151 Å². The lowest BCUT2D eigenvalue weighted by molar-refractivity contribution is 0.794. The Bertz CT molecular complexity index is 1770. The summed E-state index contributed by atoms with van der Waals surface area (Å²) in [4.78, 5) is 0. The van der Waals surface area contributed by atoms with Crippen LogP contribution in [0.25, 0.3) is 33.4 Å². The zero-order valence-corrected chi connectivity index (χ0v) is 22.9. The van der Waals surface area contributed by atoms with E-state index < -0.39 is 0 Å². The number of fused-ring (bicyclic) bond motifs is 10. The van der Waals surface area contributed by atoms with Crippen LogP contribution in [0.3, 0.4) is 0 Å². The van der Waals surface area contributed by atoms with Crippen molar-refractivity contribution < 1.29 is 0 Å². The molecule has 6 aromatic carbocycles. The first-order valence-electron chi connectivity index (χ1n) is 14.2. The molecule has 1 nitrogen and oxygen atoms in total. The van der Waals surface area contributed by atoms with E-state index in [1.165, 1.54) is 55.6 Å². The van der Waals surface area contributed by atoms with Gasteiger partial charge in [-0.15, -0.1) is 0 Å². The van der Waals surface area contributed by atoms with Crippen LogP contribution in [0.2, 0.25) is 0 Å². The normalized spacial score (nSPS) is 12.9. The third kappa shape index (κ3) is 3.48. The summed E-state index contributed by atoms with van der Waals surface area (Å²) in [6.07, 6.45) is 0. The Labute approximate surface area is 236 Å². The van der Waals surface area contributed by atoms with Gasteiger partial charge in [0.15, 0.2) is 0 Å². The van der Waals surface area contributed by atoms with E-state index in [1.807, 2.05) is 13.8 Å². The van der Waals surface area contributed by atoms with E-state index in [1.54, 1.807) is 0 Å². The minimum atomic E-state index is -0.312. The number of nitrogens with one attached hydrogen (secondary N) is 1. The summed E-state index contributed by atoms with van der Waals surface area (Å²) in [6.45, 7) is 4.00. The Kier molecular flexibility index (Phi) is 5.86. The fraction of sp³-hybridized carbons (Fsp3) is 0.0769. The molecule has 0 fully saturated rings. The molecule has 1 N–H and O–H groups in total. The van der Waals surface area contributed by atoms with E-state index in [0.717, 1.165) is 11.4 Å². The zero-order valence-electron chi connectivity index (χ0n) is 22.9. The van der Waals surface area contributed by atoms with E-state index in [0.29, 0.717) is 0 Å². The molecule has 6 aromatic rings. The maximum Gasteiger partial charge on any atom is 0.0726 e. The first kappa shape index (κ1) is 24.2. The molecule has 0 unspecified atom stereocenters. The molecular weight excluding hydrogens is 482 g/mol. The van der Waals surface area contributed by atoms with Crippen LogP contribution in [0.1, 0.15) is 36.1 Å². The Morgan fingerprint density at radius 3 is 1.35 bits per heavy atom. The minimum absolute atomic E-state index is 0.312. The van der Waals surface area contributed by atoms with Gasteiger partial charge in [0.1, 0.15) is 0 Å². The highest BCUT2D eigenvalue weighted by atomic mass is 14.9. The molecule has 0 bridgehead atoms. The minimum Gasteiger partial charge on any atom is -0.356 e. The van der Waals surface area contributed by atoms with Crippen molar-refractivity contribution in [3.05, 3.63) is 168 Å². The second-order valence-electron chi connectivity index (χ2n) is 10.2. The second kappa shape index (κ2) is 9.70. The molecule has 0 aliphatic heterocycles. The molecule has 2 aliphatic carbocycles. The third-order valence-corrected chi connectivity index (χ3v) is 8.28. The Balaban J connectivity index is 0.00000130. The fourth-order valence-corrected chi connectivity index (χ4v) is 6.72. The molecule has 0 amide bonds. The lowest BCUT2D eigenvalue weighted by Crippen LogP contribution is -2.25. The van der Waals surface area contributed by atoms with Gasteiger partial charge in [0, 0.05) is 11.4 Å². The third-order valence-electron chi connectivity index (χ3n) is 8.28. The lowest BCUT2D eigenvalue weighted by atomic mass is 9.70. The number of hydrogen-bond acceptors (Lipinski definition) is 1. The molecule has 1 spiro atoms. The van der Waals surface area contributed by atoms with Crippen molar-refractivity contribution in [2.75, 3.05) is 5.32 Å². The molecule has 0 heterocycles. The van der Waals surface area contributed by atoms with E-state index >= 15 is 0 Å². The summed E-state index contributed by atoms with van der Waals surface area (Å²) >= 11 is 0. The highest BCUT2D eigenvalue weighted by molar-refractivity contribution is 5.95. The van der Waals surface area contributed by atoms with Crippen LogP contribution in [0.5, 0.6) is 0 Å². The molecule has 0 saturated heterocycles. The number of benzene rings is 6. The highest BCUT2D eigenvalue weighted by Crippen LogP contribution is 2.62. The van der Waals surface area contributed by atoms with Gasteiger partial charge in [-0.25, -0.2) is 0 Å². The topological polar surface area (TPSA) is 12.0 Å². The average Bonchev–Trinajstić information content (AvgIpc) is 3.50.